The van der Waals surface area contributed by atoms with E-state index in [1.54, 1.807) is 60.7 Å². The van der Waals surface area contributed by atoms with E-state index in [4.69, 9.17) is 111 Å². The van der Waals surface area contributed by atoms with Crippen molar-refractivity contribution < 1.29 is 73.2 Å². The van der Waals surface area contributed by atoms with Gasteiger partial charge in [-0.3, -0.25) is 32.9 Å². The molecule has 14 N–H and O–H groups in total. The average Bonchev–Trinajstić information content (AvgIpc) is 1.62. The molecule has 6 aliphatic heterocycles. The Morgan fingerprint density at radius 3 is 1.42 bits per heavy atom. The van der Waals surface area contributed by atoms with Crippen molar-refractivity contribution in [1.29, 1.82) is 5.26 Å². The molecular formula is C62H70F4N26O12P4S6. The van der Waals surface area contributed by atoms with E-state index >= 15 is 17.6 Å². The summed E-state index contributed by atoms with van der Waals surface area (Å²) in [7, 11) is 0. The quantitative estimate of drug-likeness (QED) is 0.0160. The number of benzene rings is 2. The Hall–Kier alpha value is -7.38. The van der Waals surface area contributed by atoms with E-state index in [2.05, 4.69) is 110 Å². The summed E-state index contributed by atoms with van der Waals surface area (Å²) in [6, 6.07) is 18.9. The molecule has 38 nitrogen and oxygen atoms in total. The van der Waals surface area contributed by atoms with E-state index in [-0.39, 0.29) is 128 Å². The maximum absolute atomic E-state index is 17.2. The van der Waals surface area contributed by atoms with Crippen LogP contribution in [0.4, 0.5) is 40.8 Å². The molecule has 0 radical (unpaired) electrons. The lowest BCUT2D eigenvalue weighted by Gasteiger charge is -2.33. The Balaban J connectivity index is 0.000000213. The number of hydrogen-bond donors (Lipinski definition) is 10. The number of nitrogens with one attached hydrogen (secondary N) is 4. The van der Waals surface area contributed by atoms with E-state index in [0.717, 1.165) is 0 Å². The van der Waals surface area contributed by atoms with E-state index in [1.807, 2.05) is 6.07 Å². The number of nitrogen functional groups attached to an aromatic ring is 2. The van der Waals surface area contributed by atoms with Gasteiger partial charge in [-0.25, -0.2) is 89.0 Å². The second-order valence-electron chi connectivity index (χ2n) is 25.7. The fourth-order valence-corrected chi connectivity index (χ4v) is 23.1. The number of rotatable bonds is 14. The number of fused-ring (bicyclic) bond motifs is 8. The molecule has 604 valence electrons. The van der Waals surface area contributed by atoms with Crippen LogP contribution in [0.15, 0.2) is 111 Å². The number of anilines is 4. The van der Waals surface area contributed by atoms with Crippen LogP contribution in [0.2, 0.25) is 0 Å². The molecule has 2 amide bonds. The van der Waals surface area contributed by atoms with Gasteiger partial charge in [-0.2, -0.15) is 5.26 Å². The largest absolute Gasteiger partial charge is 0.382 e. The zero-order valence-corrected chi connectivity index (χ0v) is 67.7. The Morgan fingerprint density at radius 1 is 0.553 bits per heavy atom. The zero-order chi connectivity index (χ0) is 78.4. The van der Waals surface area contributed by atoms with E-state index in [9.17, 15) is 14.9 Å². The highest BCUT2D eigenvalue weighted by Crippen LogP contribution is 2.61. The molecule has 6 saturated heterocycles. The maximum Gasteiger partial charge on any atom is 0.262 e. The van der Waals surface area contributed by atoms with Crippen molar-refractivity contribution >= 4 is 176 Å². The molecule has 20 atom stereocenters. The monoisotopic (exact) mass is 1760 g/mol. The predicted octanol–water partition coefficient (Wildman–Crippen LogP) is 8.59. The second kappa shape index (κ2) is 35.4. The van der Waals surface area contributed by atoms with Gasteiger partial charge >= 0.3 is 0 Å². The van der Waals surface area contributed by atoms with Crippen molar-refractivity contribution in [3.05, 3.63) is 134 Å². The number of nitriles is 1. The number of ether oxygens (including phenoxy) is 4. The molecule has 6 aliphatic rings. The predicted molar refractivity (Wildman–Crippen MR) is 427 cm³/mol. The van der Waals surface area contributed by atoms with Gasteiger partial charge in [-0.1, -0.05) is 48.2 Å². The van der Waals surface area contributed by atoms with Crippen LogP contribution in [0.25, 0.3) is 49.5 Å². The Labute approximate surface area is 675 Å². The first-order chi connectivity index (χ1) is 53.9. The van der Waals surface area contributed by atoms with Crippen LogP contribution in [-0.2, 0) is 93.3 Å². The fraction of sp³-hybridized carbons (Fsp3) is 0.419. The van der Waals surface area contributed by atoms with Crippen LogP contribution < -0.4 is 44.6 Å². The maximum atomic E-state index is 17.2. The normalized spacial score (nSPS) is 31.7. The molecule has 16 rings (SSSR count). The van der Waals surface area contributed by atoms with Crippen molar-refractivity contribution in [3.63, 3.8) is 0 Å². The minimum absolute atomic E-state index is 0. The molecule has 6 fully saturated rings. The number of aromatic nitrogens is 16. The summed E-state index contributed by atoms with van der Waals surface area (Å²) in [4.78, 5) is 80.0. The fourth-order valence-electron chi connectivity index (χ4n) is 13.4. The minimum atomic E-state index is -3.79. The van der Waals surface area contributed by atoms with Crippen LogP contribution >= 0.6 is 48.7 Å². The highest BCUT2D eigenvalue weighted by atomic mass is 32.9. The first kappa shape index (κ1) is 84.5. The van der Waals surface area contributed by atoms with Crippen LogP contribution in [0.3, 0.4) is 0 Å². The number of carbonyl (C=O) groups excluding carboxylic acids is 2. The molecular weight excluding hydrogens is 1690 g/mol. The smallest absolute Gasteiger partial charge is 0.262 e. The Kier molecular flexibility index (Phi) is 26.3. The average molecular weight is 1760 g/mol. The van der Waals surface area contributed by atoms with Crippen LogP contribution in [0.5, 0.6) is 0 Å². The summed E-state index contributed by atoms with van der Waals surface area (Å²) < 4.78 is 135. The Morgan fingerprint density at radius 2 is 0.956 bits per heavy atom. The first-order valence-corrected chi connectivity index (χ1v) is 47.5. The summed E-state index contributed by atoms with van der Waals surface area (Å²) in [6.07, 6.45) is -11.3. The van der Waals surface area contributed by atoms with Gasteiger partial charge in [-0.05, 0) is 72.5 Å². The lowest BCUT2D eigenvalue weighted by molar-refractivity contribution is -0.0250. The van der Waals surface area contributed by atoms with Gasteiger partial charge in [0.05, 0.1) is 56.6 Å². The second-order valence-corrected chi connectivity index (χ2v) is 44.8. The summed E-state index contributed by atoms with van der Waals surface area (Å²) in [5.74, 6) is -0.467. The topological polar surface area (TPSA) is 499 Å². The molecule has 14 heterocycles. The van der Waals surface area contributed by atoms with Gasteiger partial charge in [-0.15, -0.1) is 24.5 Å². The van der Waals surface area contributed by atoms with Crippen molar-refractivity contribution in [3.8, 4) is 6.07 Å². The molecule has 52 heteroatoms. The number of thiol groups is 2. The lowest BCUT2D eigenvalue weighted by Crippen LogP contribution is -2.40. The van der Waals surface area contributed by atoms with Gasteiger partial charge in [0, 0.05) is 36.5 Å². The molecule has 114 heavy (non-hydrogen) atoms. The molecule has 0 aliphatic carbocycles. The number of nitrogens with zero attached hydrogens (tertiary/aromatic N) is 18. The molecule has 10 aromatic rings. The number of amides is 2. The van der Waals surface area contributed by atoms with Gasteiger partial charge in [0.1, 0.15) is 85.0 Å². The minimum Gasteiger partial charge on any atom is -0.382 e. The SMILES string of the molecule is N.N.Nc1ncnc2c1ncn2[C@@H]1O[C@@H]2CNP(=S)(S)O[C@H]3[C@@H](F)[C@H](n4cnc5c(N)ncnc54)O[C@@H]3CCP(=S)(S)O[C@H]2[C@H]1F.[C-]#[N+]CCOP1(=S)NC[C@H]2O[C@@H](n3cnc4c(NC(=O)c5ccccc5)ncnc43)[C@H](F)[C@@H]2OP(=S)(OCCC#N)CC[C@H]2O[C@@H](n3cnc4c(NC(=O)c5ccccc5)ncnc43)[C@H](F)[C@@H]2O1. The van der Waals surface area contributed by atoms with Crippen molar-refractivity contribution in [2.75, 3.05) is 67.3 Å². The Bertz CT molecular complexity index is 5160. The van der Waals surface area contributed by atoms with Crippen molar-refractivity contribution in [2.45, 2.75) is 118 Å². The first-order valence-electron chi connectivity index (χ1n) is 34.1. The number of alkyl halides is 4. The van der Waals surface area contributed by atoms with Crippen molar-refractivity contribution in [1.82, 2.24) is 101 Å². The molecule has 4 unspecified atom stereocenters. The molecule has 0 spiro atoms. The summed E-state index contributed by atoms with van der Waals surface area (Å²) in [5.41, 5.74) is 8.15. The third-order valence-corrected chi connectivity index (χ3v) is 29.8. The zero-order valence-electron chi connectivity index (χ0n) is 59.0. The molecule has 0 saturated carbocycles. The summed E-state index contributed by atoms with van der Waals surface area (Å²) in [5, 5.41) is 20.9. The van der Waals surface area contributed by atoms with Gasteiger partial charge in [0.15, 0.2) is 119 Å². The van der Waals surface area contributed by atoms with Gasteiger partial charge in [0.2, 0.25) is 6.54 Å². The highest BCUT2D eigenvalue weighted by molar-refractivity contribution is 8.62. The summed E-state index contributed by atoms with van der Waals surface area (Å²) >= 11 is 32.6. The third kappa shape index (κ3) is 17.6. The van der Waals surface area contributed by atoms with E-state index < -0.39 is 134 Å². The van der Waals surface area contributed by atoms with Gasteiger partial charge < -0.3 is 85.3 Å². The number of imidazole rings is 4. The molecule has 8 aromatic heterocycles. The number of hydrogen-bond acceptors (Lipinski definition) is 33. The van der Waals surface area contributed by atoms with E-state index in [0.29, 0.717) is 27.8 Å². The third-order valence-electron chi connectivity index (χ3n) is 18.6. The molecule has 0 bridgehead atoms. The van der Waals surface area contributed by atoms with E-state index in [1.165, 1.54) is 68.9 Å². The number of carbonyl (C=O) groups is 2. The van der Waals surface area contributed by atoms with Crippen LogP contribution in [0.1, 0.15) is 64.9 Å². The standard InChI is InChI=1S/C41H39F2N13O8P2S2.C21H25F2N11O4P2S4.2H3N/c1-45-15-17-60-66(68)52-19-27-33(29(43)41(62-27)56-23-51-31-35(47-21-49-37(31)56)54-39(58)25-11-6-3-7-12-25)63-65(67,59-16-8-14-44)18-13-26-32(64-66)28(42)40(61-26)55-22-50-30-34(46-20-48-36(30)55)53-38(57)24-9-4-2-5-10-24;22-10-14-8(35-20(10)33-6-30-12-16(24)26-4-28-18(12)33)1-2-39(41,42)37-15-9(3-32-40(43,44)38-14)36-21(11(15)23)34-7-31-13-17(25)27-5-29-19(13)34;;/h2-7,9-12,20-23,26-29,32-33,40-41H,8,13,15-19H2,(H,52,68)(H,46,48,53,57)(H,47,49,54,58);4-11,14-15,20-21H,1-3H2,(H,41,42)(H2,24,26,28)(H2,25,27,29)(H2,32,43,44);2*1H3/t26-,27-,28-,29-,32-,33-,40-,41-,65?,66?;8-,9-,10-,11-,14-,15-,20-,21-;;/m11../s1. The van der Waals surface area contributed by atoms with Crippen LogP contribution in [0, 0.1) is 17.9 Å². The van der Waals surface area contributed by atoms with Crippen LogP contribution in [-0.4, -0.2) is 209 Å². The van der Waals surface area contributed by atoms with Gasteiger partial charge in [0.25, 0.3) is 18.5 Å². The lowest BCUT2D eigenvalue weighted by atomic mass is 10.1. The number of halogens is 4. The van der Waals surface area contributed by atoms with Crippen molar-refractivity contribution in [2.24, 2.45) is 0 Å². The molecule has 2 aromatic carbocycles. The number of nitrogens with two attached hydrogens (primary N) is 2. The highest BCUT2D eigenvalue weighted by Gasteiger charge is 2.56. The summed E-state index contributed by atoms with van der Waals surface area (Å²) in [6.45, 7) is -0.813.